The Morgan fingerprint density at radius 3 is 2.54 bits per heavy atom. The van der Waals surface area contributed by atoms with E-state index in [1.807, 2.05) is 36.4 Å². The number of nitrogens with zero attached hydrogens (tertiary/aromatic N) is 4. The van der Waals surface area contributed by atoms with Crippen LogP contribution in [0.25, 0.3) is 33.1 Å². The van der Waals surface area contributed by atoms with E-state index in [4.69, 9.17) is 4.52 Å². The minimum absolute atomic E-state index is 0.1000. The highest BCUT2D eigenvalue weighted by atomic mass is 19.1. The fraction of sp³-hybridized carbons (Fsp3) is 0.0476. The summed E-state index contributed by atoms with van der Waals surface area (Å²) in [6, 6.07) is 17.3. The van der Waals surface area contributed by atoms with Crippen molar-refractivity contribution in [2.24, 2.45) is 0 Å². The SMILES string of the molecule is O=c1c2cc3ccccc3cc2ncn1Cc1nc(-c2ccc(F)cc2)no1. The third-order valence-electron chi connectivity index (χ3n) is 4.57. The Labute approximate surface area is 157 Å². The topological polar surface area (TPSA) is 73.8 Å². The Morgan fingerprint density at radius 1 is 1.00 bits per heavy atom. The minimum Gasteiger partial charge on any atom is -0.337 e. The predicted molar refractivity (Wildman–Crippen MR) is 102 cm³/mol. The van der Waals surface area contributed by atoms with Crippen molar-refractivity contribution in [2.45, 2.75) is 6.54 Å². The molecular formula is C21H13FN4O2. The number of aromatic nitrogens is 4. The summed E-state index contributed by atoms with van der Waals surface area (Å²) in [6.07, 6.45) is 1.47. The first-order valence-corrected chi connectivity index (χ1v) is 8.64. The first-order chi connectivity index (χ1) is 13.7. The maximum absolute atomic E-state index is 13.1. The average molecular weight is 372 g/mol. The molecule has 2 heterocycles. The van der Waals surface area contributed by atoms with Crippen LogP contribution in [-0.4, -0.2) is 19.7 Å². The van der Waals surface area contributed by atoms with Crippen molar-refractivity contribution in [1.29, 1.82) is 0 Å². The largest absolute Gasteiger partial charge is 0.337 e. The summed E-state index contributed by atoms with van der Waals surface area (Å²) < 4.78 is 19.7. The highest BCUT2D eigenvalue weighted by Crippen LogP contribution is 2.19. The second kappa shape index (κ2) is 6.38. The van der Waals surface area contributed by atoms with E-state index in [0.717, 1.165) is 10.8 Å². The monoisotopic (exact) mass is 372 g/mol. The summed E-state index contributed by atoms with van der Waals surface area (Å²) in [5.41, 5.74) is 1.08. The summed E-state index contributed by atoms with van der Waals surface area (Å²) in [5, 5.41) is 6.43. The van der Waals surface area contributed by atoms with Gasteiger partial charge in [0.25, 0.3) is 5.56 Å². The van der Waals surface area contributed by atoms with Crippen molar-refractivity contribution in [3.63, 3.8) is 0 Å². The molecule has 6 nitrogen and oxygen atoms in total. The summed E-state index contributed by atoms with van der Waals surface area (Å²) >= 11 is 0. The van der Waals surface area contributed by atoms with E-state index in [9.17, 15) is 9.18 Å². The Balaban J connectivity index is 1.51. The number of hydrogen-bond donors (Lipinski definition) is 0. The van der Waals surface area contributed by atoms with Gasteiger partial charge >= 0.3 is 0 Å². The molecule has 0 unspecified atom stereocenters. The fourth-order valence-corrected chi connectivity index (χ4v) is 3.14. The molecule has 0 radical (unpaired) electrons. The van der Waals surface area contributed by atoms with Crippen LogP contribution in [0.15, 0.2) is 76.3 Å². The molecule has 3 aromatic carbocycles. The summed E-state index contributed by atoms with van der Waals surface area (Å²) in [4.78, 5) is 21.6. The molecule has 5 aromatic rings. The van der Waals surface area contributed by atoms with Gasteiger partial charge in [-0.05, 0) is 47.2 Å². The minimum atomic E-state index is -0.339. The van der Waals surface area contributed by atoms with Gasteiger partial charge in [-0.3, -0.25) is 9.36 Å². The zero-order valence-electron chi connectivity index (χ0n) is 14.5. The lowest BCUT2D eigenvalue weighted by atomic mass is 10.1. The van der Waals surface area contributed by atoms with Crippen LogP contribution >= 0.6 is 0 Å². The van der Waals surface area contributed by atoms with Crippen LogP contribution in [0.1, 0.15) is 5.89 Å². The lowest BCUT2D eigenvalue weighted by Crippen LogP contribution is -2.21. The Bertz CT molecular complexity index is 1370. The zero-order chi connectivity index (χ0) is 19.1. The standard InChI is InChI=1S/C21H13FN4O2/c22-16-7-5-13(6-8-16)20-24-19(28-25-20)11-26-12-23-18-10-15-4-2-1-3-14(15)9-17(18)21(26)27/h1-10,12H,11H2. The zero-order valence-corrected chi connectivity index (χ0v) is 14.5. The molecule has 136 valence electrons. The van der Waals surface area contributed by atoms with Gasteiger partial charge in [0, 0.05) is 5.56 Å². The van der Waals surface area contributed by atoms with Gasteiger partial charge in [-0.2, -0.15) is 4.98 Å². The molecule has 28 heavy (non-hydrogen) atoms. The molecule has 0 spiro atoms. The average Bonchev–Trinajstić information content (AvgIpc) is 3.18. The van der Waals surface area contributed by atoms with Crippen molar-refractivity contribution < 1.29 is 8.91 Å². The molecule has 7 heteroatoms. The highest BCUT2D eigenvalue weighted by molar-refractivity contribution is 5.95. The van der Waals surface area contributed by atoms with Crippen molar-refractivity contribution in [3.05, 3.63) is 89.1 Å². The maximum Gasteiger partial charge on any atom is 0.261 e. The summed E-state index contributed by atoms with van der Waals surface area (Å²) in [6.45, 7) is 0.1000. The van der Waals surface area contributed by atoms with Crippen LogP contribution in [0.5, 0.6) is 0 Å². The van der Waals surface area contributed by atoms with Gasteiger partial charge in [0.1, 0.15) is 12.4 Å². The van der Waals surface area contributed by atoms with Gasteiger partial charge < -0.3 is 4.52 Å². The molecule has 0 aliphatic carbocycles. The predicted octanol–water partition coefficient (Wildman–Crippen LogP) is 3.79. The van der Waals surface area contributed by atoms with Crippen LogP contribution in [0, 0.1) is 5.82 Å². The molecule has 2 aromatic heterocycles. The second-order valence-corrected chi connectivity index (χ2v) is 6.41. The van der Waals surface area contributed by atoms with Crippen LogP contribution in [0.2, 0.25) is 0 Å². The van der Waals surface area contributed by atoms with Crippen LogP contribution in [-0.2, 0) is 6.54 Å². The van der Waals surface area contributed by atoms with E-state index < -0.39 is 0 Å². The van der Waals surface area contributed by atoms with Crippen LogP contribution in [0.3, 0.4) is 0 Å². The van der Waals surface area contributed by atoms with Gasteiger partial charge in [0.05, 0.1) is 17.2 Å². The lowest BCUT2D eigenvalue weighted by Gasteiger charge is -2.05. The Kier molecular flexibility index (Phi) is 3.72. The van der Waals surface area contributed by atoms with E-state index in [1.54, 1.807) is 12.1 Å². The molecule has 0 fully saturated rings. The normalized spacial score (nSPS) is 11.3. The lowest BCUT2D eigenvalue weighted by molar-refractivity contribution is 0.369. The van der Waals surface area contributed by atoms with Gasteiger partial charge in [-0.15, -0.1) is 0 Å². The van der Waals surface area contributed by atoms with E-state index in [2.05, 4.69) is 15.1 Å². The van der Waals surface area contributed by atoms with Gasteiger partial charge in [-0.25, -0.2) is 9.37 Å². The first kappa shape index (κ1) is 16.3. The molecule has 0 aliphatic rings. The van der Waals surface area contributed by atoms with Crippen molar-refractivity contribution in [3.8, 4) is 11.4 Å². The first-order valence-electron chi connectivity index (χ1n) is 8.64. The Morgan fingerprint density at radius 2 is 1.75 bits per heavy atom. The number of benzene rings is 3. The molecule has 0 saturated carbocycles. The van der Waals surface area contributed by atoms with Crippen LogP contribution < -0.4 is 5.56 Å². The molecule has 0 bridgehead atoms. The highest BCUT2D eigenvalue weighted by Gasteiger charge is 2.12. The fourth-order valence-electron chi connectivity index (χ4n) is 3.14. The van der Waals surface area contributed by atoms with E-state index in [0.29, 0.717) is 22.3 Å². The van der Waals surface area contributed by atoms with Gasteiger partial charge in [0.15, 0.2) is 0 Å². The van der Waals surface area contributed by atoms with Gasteiger partial charge in [-0.1, -0.05) is 29.4 Å². The molecule has 5 rings (SSSR count). The van der Waals surface area contributed by atoms with E-state index in [-0.39, 0.29) is 23.8 Å². The maximum atomic E-state index is 13.1. The van der Waals surface area contributed by atoms with E-state index in [1.165, 1.54) is 23.0 Å². The van der Waals surface area contributed by atoms with Gasteiger partial charge in [0.2, 0.25) is 11.7 Å². The number of halogens is 1. The third kappa shape index (κ3) is 2.83. The van der Waals surface area contributed by atoms with Crippen molar-refractivity contribution in [1.82, 2.24) is 19.7 Å². The molecule has 0 aliphatic heterocycles. The smallest absolute Gasteiger partial charge is 0.261 e. The summed E-state index contributed by atoms with van der Waals surface area (Å²) in [7, 11) is 0. The molecular weight excluding hydrogens is 359 g/mol. The number of rotatable bonds is 3. The van der Waals surface area contributed by atoms with Crippen molar-refractivity contribution in [2.75, 3.05) is 0 Å². The molecule has 0 amide bonds. The van der Waals surface area contributed by atoms with Crippen molar-refractivity contribution >= 4 is 21.7 Å². The quantitative estimate of drug-likeness (QED) is 0.451. The molecule has 0 saturated heterocycles. The summed E-state index contributed by atoms with van der Waals surface area (Å²) in [5.74, 6) is 0.264. The Hall–Kier alpha value is -3.87. The molecule has 0 atom stereocenters. The number of fused-ring (bicyclic) bond motifs is 2. The van der Waals surface area contributed by atoms with E-state index >= 15 is 0 Å². The van der Waals surface area contributed by atoms with Crippen LogP contribution in [0.4, 0.5) is 4.39 Å². The second-order valence-electron chi connectivity index (χ2n) is 6.41. The number of hydrogen-bond acceptors (Lipinski definition) is 5. The molecule has 0 N–H and O–H groups in total. The third-order valence-corrected chi connectivity index (χ3v) is 4.57.